The number of methoxy groups -OCH3 is 1. The van der Waals surface area contributed by atoms with Gasteiger partial charge in [0.1, 0.15) is 17.3 Å². The number of likely N-dealkylation sites (N-methyl/N-ethyl adjacent to an activating group) is 1. The molecule has 174 valence electrons. The van der Waals surface area contributed by atoms with E-state index < -0.39 is 6.04 Å². The lowest BCUT2D eigenvalue weighted by atomic mass is 9.95. The lowest BCUT2D eigenvalue weighted by Gasteiger charge is -2.38. The minimum atomic E-state index is -0.537. The van der Waals surface area contributed by atoms with Gasteiger partial charge in [-0.05, 0) is 55.4 Å². The largest absolute Gasteiger partial charge is 0.507 e. The molecule has 1 aliphatic heterocycles. The fraction of sp³-hybridized carbons (Fsp3) is 0.346. The number of aryl methyl sites for hydroxylation is 1. The van der Waals surface area contributed by atoms with Gasteiger partial charge in [-0.3, -0.25) is 9.69 Å². The average Bonchev–Trinajstić information content (AvgIpc) is 2.80. The molecule has 1 saturated heterocycles. The van der Waals surface area contributed by atoms with Gasteiger partial charge < -0.3 is 19.3 Å². The van der Waals surface area contributed by atoms with Crippen LogP contribution < -0.4 is 10.3 Å². The molecular weight excluding hydrogens is 421 g/mol. The number of piperazine rings is 1. The number of benzene rings is 2. The number of rotatable bonds is 6. The first-order chi connectivity index (χ1) is 15.9. The molecule has 4 rings (SSSR count). The highest BCUT2D eigenvalue weighted by molar-refractivity contribution is 5.41. The molecule has 0 bridgehead atoms. The average molecular weight is 452 g/mol. The fourth-order valence-electron chi connectivity index (χ4n) is 4.45. The van der Waals surface area contributed by atoms with Crippen LogP contribution in [0.3, 0.4) is 0 Å². The second-order valence-corrected chi connectivity index (χ2v) is 8.62. The highest BCUT2D eigenvalue weighted by Crippen LogP contribution is 2.33. The van der Waals surface area contributed by atoms with E-state index in [1.165, 1.54) is 12.1 Å². The van der Waals surface area contributed by atoms with E-state index in [1.54, 1.807) is 23.8 Å². The number of nitrogens with zero attached hydrogens (tertiary/aromatic N) is 3. The molecule has 3 aromatic rings. The van der Waals surface area contributed by atoms with E-state index in [-0.39, 0.29) is 22.7 Å². The molecule has 2 aromatic carbocycles. The standard InChI is InChI=1S/C26H30FN3O3/c1-18-15-23(31)24(26(32)30(18)17-19-7-9-22(33-3)10-8-19)25(20-5-4-6-21(27)16-20)29-13-11-28(2)12-14-29/h4-10,15-16,25,31H,11-14,17H2,1-3H3. The van der Waals surface area contributed by atoms with E-state index in [0.717, 1.165) is 24.4 Å². The van der Waals surface area contributed by atoms with Crippen molar-refractivity contribution in [2.75, 3.05) is 40.3 Å². The van der Waals surface area contributed by atoms with Gasteiger partial charge in [-0.2, -0.15) is 0 Å². The van der Waals surface area contributed by atoms with Gasteiger partial charge in [-0.25, -0.2) is 4.39 Å². The van der Waals surface area contributed by atoms with Crippen LogP contribution in [0.1, 0.15) is 28.4 Å². The number of aromatic hydroxyl groups is 1. The third-order valence-electron chi connectivity index (χ3n) is 6.36. The van der Waals surface area contributed by atoms with Gasteiger partial charge in [0.05, 0.1) is 25.3 Å². The van der Waals surface area contributed by atoms with Crippen LogP contribution in [0.2, 0.25) is 0 Å². The van der Waals surface area contributed by atoms with Crippen LogP contribution in [-0.4, -0.2) is 59.8 Å². The maximum atomic E-state index is 14.2. The lowest BCUT2D eigenvalue weighted by Crippen LogP contribution is -2.47. The summed E-state index contributed by atoms with van der Waals surface area (Å²) in [6.07, 6.45) is 0. The second kappa shape index (κ2) is 9.77. The molecule has 1 unspecified atom stereocenters. The summed E-state index contributed by atoms with van der Waals surface area (Å²) in [6, 6.07) is 15.0. The second-order valence-electron chi connectivity index (χ2n) is 8.62. The van der Waals surface area contributed by atoms with Gasteiger partial charge in [0.15, 0.2) is 0 Å². The number of aromatic nitrogens is 1. The topological polar surface area (TPSA) is 57.9 Å². The van der Waals surface area contributed by atoms with Gasteiger partial charge in [0, 0.05) is 31.9 Å². The zero-order valence-electron chi connectivity index (χ0n) is 19.3. The number of hydrogen-bond donors (Lipinski definition) is 1. The highest BCUT2D eigenvalue weighted by Gasteiger charge is 2.31. The Bertz CT molecular complexity index is 1170. The number of pyridine rings is 1. The van der Waals surface area contributed by atoms with Crippen LogP contribution in [0.4, 0.5) is 4.39 Å². The van der Waals surface area contributed by atoms with E-state index in [0.29, 0.717) is 30.9 Å². The molecule has 33 heavy (non-hydrogen) atoms. The molecule has 7 heteroatoms. The first kappa shape index (κ1) is 23.0. The number of halogens is 1. The van der Waals surface area contributed by atoms with Crippen LogP contribution in [0.25, 0.3) is 0 Å². The van der Waals surface area contributed by atoms with Crippen LogP contribution >= 0.6 is 0 Å². The molecular formula is C26H30FN3O3. The van der Waals surface area contributed by atoms with Crippen LogP contribution in [-0.2, 0) is 6.54 Å². The summed E-state index contributed by atoms with van der Waals surface area (Å²) < 4.78 is 21.1. The molecule has 0 amide bonds. The molecule has 0 aliphatic carbocycles. The highest BCUT2D eigenvalue weighted by atomic mass is 19.1. The summed E-state index contributed by atoms with van der Waals surface area (Å²) >= 11 is 0. The Hall–Kier alpha value is -3.16. The zero-order chi connectivity index (χ0) is 23.5. The van der Waals surface area contributed by atoms with Crippen molar-refractivity contribution in [2.45, 2.75) is 19.5 Å². The molecule has 0 radical (unpaired) electrons. The van der Waals surface area contributed by atoms with Crippen LogP contribution in [0.5, 0.6) is 11.5 Å². The number of ether oxygens (including phenoxy) is 1. The smallest absolute Gasteiger partial charge is 0.259 e. The number of hydrogen-bond acceptors (Lipinski definition) is 5. The van der Waals surface area contributed by atoms with Crippen molar-refractivity contribution >= 4 is 0 Å². The summed E-state index contributed by atoms with van der Waals surface area (Å²) in [4.78, 5) is 18.2. The Labute approximate surface area is 193 Å². The summed E-state index contributed by atoms with van der Waals surface area (Å²) in [5, 5.41) is 11.0. The van der Waals surface area contributed by atoms with Gasteiger partial charge in [0.2, 0.25) is 0 Å². The van der Waals surface area contributed by atoms with E-state index in [9.17, 15) is 14.3 Å². The Balaban J connectivity index is 1.80. The van der Waals surface area contributed by atoms with Crippen molar-refractivity contribution in [2.24, 2.45) is 0 Å². The monoisotopic (exact) mass is 451 g/mol. The van der Waals surface area contributed by atoms with Crippen molar-refractivity contribution in [3.05, 3.63) is 93.2 Å². The first-order valence-electron chi connectivity index (χ1n) is 11.1. The molecule has 0 spiro atoms. The zero-order valence-corrected chi connectivity index (χ0v) is 19.3. The summed E-state index contributed by atoms with van der Waals surface area (Å²) in [6.45, 7) is 5.25. The predicted molar refractivity (Wildman–Crippen MR) is 127 cm³/mol. The predicted octanol–water partition coefficient (Wildman–Crippen LogP) is 3.40. The Kier molecular flexibility index (Phi) is 6.81. The molecule has 1 aromatic heterocycles. The third-order valence-corrected chi connectivity index (χ3v) is 6.36. The summed E-state index contributed by atoms with van der Waals surface area (Å²) in [7, 11) is 3.67. The maximum absolute atomic E-state index is 14.2. The van der Waals surface area contributed by atoms with E-state index in [2.05, 4.69) is 16.8 Å². The summed E-state index contributed by atoms with van der Waals surface area (Å²) in [5.41, 5.74) is 2.28. The van der Waals surface area contributed by atoms with E-state index in [4.69, 9.17) is 4.74 Å². The Morgan fingerprint density at radius 3 is 2.39 bits per heavy atom. The molecule has 1 aliphatic rings. The van der Waals surface area contributed by atoms with Crippen molar-refractivity contribution in [1.82, 2.24) is 14.4 Å². The molecule has 6 nitrogen and oxygen atoms in total. The normalized spacial score (nSPS) is 16.0. The minimum Gasteiger partial charge on any atom is -0.507 e. The van der Waals surface area contributed by atoms with Gasteiger partial charge in [-0.1, -0.05) is 24.3 Å². The van der Waals surface area contributed by atoms with Crippen LogP contribution in [0, 0.1) is 12.7 Å². The van der Waals surface area contributed by atoms with Gasteiger partial charge in [-0.15, -0.1) is 0 Å². The molecule has 0 saturated carbocycles. The Morgan fingerprint density at radius 2 is 1.76 bits per heavy atom. The summed E-state index contributed by atoms with van der Waals surface area (Å²) in [5.74, 6) is 0.323. The molecule has 1 atom stereocenters. The first-order valence-corrected chi connectivity index (χ1v) is 11.1. The lowest BCUT2D eigenvalue weighted by molar-refractivity contribution is 0.125. The van der Waals surface area contributed by atoms with Gasteiger partial charge >= 0.3 is 0 Å². The fourth-order valence-corrected chi connectivity index (χ4v) is 4.45. The van der Waals surface area contributed by atoms with Gasteiger partial charge in [0.25, 0.3) is 5.56 Å². The molecule has 1 N–H and O–H groups in total. The quantitative estimate of drug-likeness (QED) is 0.623. The van der Waals surface area contributed by atoms with Crippen molar-refractivity contribution < 1.29 is 14.2 Å². The van der Waals surface area contributed by atoms with Crippen molar-refractivity contribution in [1.29, 1.82) is 0 Å². The van der Waals surface area contributed by atoms with Crippen LogP contribution in [0.15, 0.2) is 59.4 Å². The third kappa shape index (κ3) is 4.94. The van der Waals surface area contributed by atoms with Crippen molar-refractivity contribution in [3.8, 4) is 11.5 Å². The van der Waals surface area contributed by atoms with E-state index >= 15 is 0 Å². The molecule has 2 heterocycles. The SMILES string of the molecule is COc1ccc(Cn2c(C)cc(O)c(C(c3cccc(F)c3)N3CCN(C)CC3)c2=O)cc1. The minimum absolute atomic E-state index is 0.0586. The maximum Gasteiger partial charge on any atom is 0.259 e. The Morgan fingerprint density at radius 1 is 1.06 bits per heavy atom. The molecule has 1 fully saturated rings. The van der Waals surface area contributed by atoms with Crippen molar-refractivity contribution in [3.63, 3.8) is 0 Å². The van der Waals surface area contributed by atoms with E-state index in [1.807, 2.05) is 37.3 Å².